The highest BCUT2D eigenvalue weighted by molar-refractivity contribution is 4.77. The second-order valence-corrected chi connectivity index (χ2v) is 6.58. The van der Waals surface area contributed by atoms with Crippen molar-refractivity contribution in [3.8, 4) is 0 Å². The van der Waals surface area contributed by atoms with Gasteiger partial charge in [-0.1, -0.05) is 39.5 Å². The van der Waals surface area contributed by atoms with Crippen LogP contribution in [-0.4, -0.2) is 12.1 Å². The Hall–Kier alpha value is -0.0400. The van der Waals surface area contributed by atoms with E-state index in [-0.39, 0.29) is 0 Å². The molecule has 17 heavy (non-hydrogen) atoms. The molecule has 0 heterocycles. The van der Waals surface area contributed by atoms with E-state index in [9.17, 15) is 0 Å². The minimum atomic E-state index is 0.690. The van der Waals surface area contributed by atoms with Gasteiger partial charge in [-0.25, -0.2) is 0 Å². The van der Waals surface area contributed by atoms with E-state index in [1.807, 2.05) is 0 Å². The molecule has 0 radical (unpaired) electrons. The molecule has 1 aliphatic carbocycles. The molecule has 1 fully saturated rings. The Bertz CT molecular complexity index is 180. The summed E-state index contributed by atoms with van der Waals surface area (Å²) in [6, 6.07) is 1.41. The van der Waals surface area contributed by atoms with Crippen molar-refractivity contribution >= 4 is 0 Å². The van der Waals surface area contributed by atoms with Crippen LogP contribution in [0.4, 0.5) is 0 Å². The van der Waals surface area contributed by atoms with Crippen LogP contribution in [0.3, 0.4) is 0 Å². The summed E-state index contributed by atoms with van der Waals surface area (Å²) in [7, 11) is 0. The average Bonchev–Trinajstić information content (AvgIpc) is 2.54. The zero-order valence-electron chi connectivity index (χ0n) is 12.5. The van der Waals surface area contributed by atoms with Crippen LogP contribution in [0.25, 0.3) is 0 Å². The minimum Gasteiger partial charge on any atom is -0.312 e. The molecule has 0 aromatic carbocycles. The third-order valence-electron chi connectivity index (χ3n) is 4.33. The summed E-state index contributed by atoms with van der Waals surface area (Å²) in [5.41, 5.74) is 0. The predicted molar refractivity (Wildman–Crippen MR) is 77.3 cm³/mol. The highest BCUT2D eigenvalue weighted by Gasteiger charge is 2.20. The number of hydrogen-bond acceptors (Lipinski definition) is 1. The number of nitrogens with one attached hydrogen (secondary N) is 1. The van der Waals surface area contributed by atoms with Crippen LogP contribution in [-0.2, 0) is 0 Å². The van der Waals surface area contributed by atoms with Crippen LogP contribution < -0.4 is 5.32 Å². The molecule has 2 atom stereocenters. The predicted octanol–water partition coefficient (Wildman–Crippen LogP) is 4.76. The monoisotopic (exact) mass is 239 g/mol. The molecule has 1 rings (SSSR count). The van der Waals surface area contributed by atoms with Gasteiger partial charge in [0.05, 0.1) is 0 Å². The van der Waals surface area contributed by atoms with Crippen LogP contribution in [0, 0.1) is 11.8 Å². The van der Waals surface area contributed by atoms with E-state index in [1.165, 1.54) is 51.4 Å². The molecule has 1 aliphatic rings. The summed E-state index contributed by atoms with van der Waals surface area (Å²) < 4.78 is 0. The van der Waals surface area contributed by atoms with E-state index in [2.05, 4.69) is 33.0 Å². The standard InChI is InChI=1S/C16H33N/c1-13(2)11-12-14(3)17-15(4)16-9-7-5-6-8-10-16/h13-17H,5-12H2,1-4H3/t14?,15-/m1/s1. The lowest BCUT2D eigenvalue weighted by atomic mass is 9.92. The first-order valence-electron chi connectivity index (χ1n) is 7.85. The third kappa shape index (κ3) is 6.45. The van der Waals surface area contributed by atoms with Gasteiger partial charge in [-0.15, -0.1) is 0 Å². The summed E-state index contributed by atoms with van der Waals surface area (Å²) >= 11 is 0. The van der Waals surface area contributed by atoms with Gasteiger partial charge in [-0.05, 0) is 51.4 Å². The molecule has 0 aromatic rings. The SMILES string of the molecule is CC(C)CCC(C)N[C@H](C)C1CCCCCC1. The zero-order chi connectivity index (χ0) is 12.7. The van der Waals surface area contributed by atoms with Gasteiger partial charge in [-0.3, -0.25) is 0 Å². The van der Waals surface area contributed by atoms with Gasteiger partial charge >= 0.3 is 0 Å². The van der Waals surface area contributed by atoms with E-state index < -0.39 is 0 Å². The maximum atomic E-state index is 3.83. The molecule has 1 nitrogen and oxygen atoms in total. The molecule has 0 aromatic heterocycles. The van der Waals surface area contributed by atoms with Gasteiger partial charge in [-0.2, -0.15) is 0 Å². The molecular weight excluding hydrogens is 206 g/mol. The van der Waals surface area contributed by atoms with E-state index >= 15 is 0 Å². The van der Waals surface area contributed by atoms with Gasteiger partial charge < -0.3 is 5.32 Å². The molecule has 0 aliphatic heterocycles. The highest BCUT2D eigenvalue weighted by atomic mass is 14.9. The molecule has 0 bridgehead atoms. The van der Waals surface area contributed by atoms with E-state index in [0.717, 1.165) is 17.9 Å². The van der Waals surface area contributed by atoms with Gasteiger partial charge in [0.15, 0.2) is 0 Å². The van der Waals surface area contributed by atoms with Gasteiger partial charge in [0.2, 0.25) is 0 Å². The Morgan fingerprint density at radius 1 is 0.882 bits per heavy atom. The van der Waals surface area contributed by atoms with Crippen molar-refractivity contribution in [2.45, 2.75) is 91.1 Å². The van der Waals surface area contributed by atoms with Crippen molar-refractivity contribution in [3.05, 3.63) is 0 Å². The lowest BCUT2D eigenvalue weighted by Crippen LogP contribution is -2.39. The first kappa shape index (κ1) is 15.0. The number of hydrogen-bond donors (Lipinski definition) is 1. The number of rotatable bonds is 6. The Balaban J connectivity index is 2.23. The van der Waals surface area contributed by atoms with Crippen LogP contribution in [0.2, 0.25) is 0 Å². The molecule has 0 spiro atoms. The first-order chi connectivity index (χ1) is 8.09. The summed E-state index contributed by atoms with van der Waals surface area (Å²) in [4.78, 5) is 0. The highest BCUT2D eigenvalue weighted by Crippen LogP contribution is 2.25. The largest absolute Gasteiger partial charge is 0.312 e. The molecule has 1 heteroatoms. The van der Waals surface area contributed by atoms with Crippen molar-refractivity contribution in [2.24, 2.45) is 11.8 Å². The smallest absolute Gasteiger partial charge is 0.00694 e. The van der Waals surface area contributed by atoms with Crippen LogP contribution in [0.15, 0.2) is 0 Å². The van der Waals surface area contributed by atoms with Crippen LogP contribution >= 0.6 is 0 Å². The normalized spacial score (nSPS) is 22.4. The summed E-state index contributed by atoms with van der Waals surface area (Å²) in [5, 5.41) is 3.83. The second kappa shape index (κ2) is 8.13. The van der Waals surface area contributed by atoms with Crippen molar-refractivity contribution in [1.82, 2.24) is 5.32 Å². The maximum Gasteiger partial charge on any atom is 0.00694 e. The van der Waals surface area contributed by atoms with Crippen LogP contribution in [0.5, 0.6) is 0 Å². The Morgan fingerprint density at radius 2 is 1.47 bits per heavy atom. The van der Waals surface area contributed by atoms with Gasteiger partial charge in [0.25, 0.3) is 0 Å². The first-order valence-corrected chi connectivity index (χ1v) is 7.85. The van der Waals surface area contributed by atoms with Crippen molar-refractivity contribution in [2.75, 3.05) is 0 Å². The van der Waals surface area contributed by atoms with E-state index in [4.69, 9.17) is 0 Å². The minimum absolute atomic E-state index is 0.690. The van der Waals surface area contributed by atoms with E-state index in [0.29, 0.717) is 6.04 Å². The third-order valence-corrected chi connectivity index (χ3v) is 4.33. The summed E-state index contributed by atoms with van der Waals surface area (Å²) in [6.07, 6.45) is 11.4. The summed E-state index contributed by atoms with van der Waals surface area (Å²) in [5.74, 6) is 1.77. The molecule has 0 saturated heterocycles. The molecule has 102 valence electrons. The summed E-state index contributed by atoms with van der Waals surface area (Å²) in [6.45, 7) is 9.40. The maximum absolute atomic E-state index is 3.83. The Morgan fingerprint density at radius 3 is 2.00 bits per heavy atom. The topological polar surface area (TPSA) is 12.0 Å². The van der Waals surface area contributed by atoms with Crippen molar-refractivity contribution < 1.29 is 0 Å². The molecule has 1 saturated carbocycles. The van der Waals surface area contributed by atoms with E-state index in [1.54, 1.807) is 0 Å². The van der Waals surface area contributed by atoms with Gasteiger partial charge in [0, 0.05) is 12.1 Å². The Kier molecular flexibility index (Phi) is 7.18. The molecular formula is C16H33N. The fraction of sp³-hybridized carbons (Fsp3) is 1.00. The average molecular weight is 239 g/mol. The quantitative estimate of drug-likeness (QED) is 0.659. The van der Waals surface area contributed by atoms with Crippen LogP contribution in [0.1, 0.15) is 79.1 Å². The van der Waals surface area contributed by atoms with Crippen molar-refractivity contribution in [3.63, 3.8) is 0 Å². The molecule has 1 N–H and O–H groups in total. The Labute approximate surface area is 109 Å². The molecule has 0 amide bonds. The zero-order valence-corrected chi connectivity index (χ0v) is 12.5. The molecule has 1 unspecified atom stereocenters. The fourth-order valence-electron chi connectivity index (χ4n) is 3.06. The second-order valence-electron chi connectivity index (χ2n) is 6.58. The van der Waals surface area contributed by atoms with Crippen molar-refractivity contribution in [1.29, 1.82) is 0 Å². The van der Waals surface area contributed by atoms with Gasteiger partial charge in [0.1, 0.15) is 0 Å². The lowest BCUT2D eigenvalue weighted by molar-refractivity contribution is 0.302. The lowest BCUT2D eigenvalue weighted by Gasteiger charge is -2.27. The fourth-order valence-corrected chi connectivity index (χ4v) is 3.06.